The molecule has 1 fully saturated rings. The number of amides is 1. The molecule has 3 nitrogen and oxygen atoms in total. The van der Waals surface area contributed by atoms with E-state index < -0.39 is 0 Å². The highest BCUT2D eigenvalue weighted by Gasteiger charge is 2.38. The Morgan fingerprint density at radius 1 is 1.41 bits per heavy atom. The summed E-state index contributed by atoms with van der Waals surface area (Å²) < 4.78 is 0. The molecule has 2 N–H and O–H groups in total. The maximum Gasteiger partial charge on any atom is 0.254 e. The van der Waals surface area contributed by atoms with Crippen molar-refractivity contribution in [1.29, 1.82) is 0 Å². The lowest BCUT2D eigenvalue weighted by Gasteiger charge is -2.41. The molecule has 1 aliphatic carbocycles. The predicted molar refractivity (Wildman–Crippen MR) is 66.8 cm³/mol. The van der Waals surface area contributed by atoms with Crippen molar-refractivity contribution < 1.29 is 4.79 Å². The largest absolute Gasteiger partial charge is 0.337 e. The van der Waals surface area contributed by atoms with Gasteiger partial charge in [-0.15, -0.1) is 0 Å². The topological polar surface area (TPSA) is 46.3 Å². The quantitative estimate of drug-likeness (QED) is 0.839. The van der Waals surface area contributed by atoms with Crippen LogP contribution < -0.4 is 5.73 Å². The summed E-state index contributed by atoms with van der Waals surface area (Å²) in [6.45, 7) is 1.43. The number of hydrogen-bond acceptors (Lipinski definition) is 2. The van der Waals surface area contributed by atoms with Gasteiger partial charge in [-0.1, -0.05) is 18.6 Å². The van der Waals surface area contributed by atoms with Crippen molar-refractivity contribution >= 4 is 5.91 Å². The summed E-state index contributed by atoms with van der Waals surface area (Å²) in [7, 11) is 1.85. The summed E-state index contributed by atoms with van der Waals surface area (Å²) in [5.74, 6) is 0.147. The first kappa shape index (κ1) is 10.8. The standard InChI is InChI=1S/C14H18N2O/c1-16-8-10-3-4-11(7-12(10)13(16)17)14(9-15)5-2-6-14/h3-4,7H,2,5-6,8-9,15H2,1H3. The summed E-state index contributed by atoms with van der Waals surface area (Å²) in [6, 6.07) is 6.34. The van der Waals surface area contributed by atoms with Crippen LogP contribution in [-0.4, -0.2) is 24.4 Å². The van der Waals surface area contributed by atoms with Crippen molar-refractivity contribution in [3.05, 3.63) is 34.9 Å². The second-order valence-corrected chi connectivity index (χ2v) is 5.37. The molecule has 1 heterocycles. The Hall–Kier alpha value is -1.35. The lowest BCUT2D eigenvalue weighted by Crippen LogP contribution is -2.41. The molecule has 0 radical (unpaired) electrons. The number of carbonyl (C=O) groups excluding carboxylic acids is 1. The zero-order valence-electron chi connectivity index (χ0n) is 10.2. The first-order chi connectivity index (χ1) is 8.16. The van der Waals surface area contributed by atoms with E-state index in [4.69, 9.17) is 5.73 Å². The molecule has 0 atom stereocenters. The van der Waals surface area contributed by atoms with Gasteiger partial charge < -0.3 is 10.6 Å². The monoisotopic (exact) mass is 230 g/mol. The van der Waals surface area contributed by atoms with Crippen molar-refractivity contribution in [2.75, 3.05) is 13.6 Å². The molecule has 17 heavy (non-hydrogen) atoms. The highest BCUT2D eigenvalue weighted by molar-refractivity contribution is 5.98. The zero-order chi connectivity index (χ0) is 12.0. The van der Waals surface area contributed by atoms with Crippen molar-refractivity contribution in [2.24, 2.45) is 5.73 Å². The molecule has 0 bridgehead atoms. The van der Waals surface area contributed by atoms with Gasteiger partial charge in [-0.25, -0.2) is 0 Å². The lowest BCUT2D eigenvalue weighted by atomic mass is 9.64. The van der Waals surface area contributed by atoms with Gasteiger partial charge in [-0.05, 0) is 30.0 Å². The fourth-order valence-electron chi connectivity index (χ4n) is 2.99. The van der Waals surface area contributed by atoms with E-state index >= 15 is 0 Å². The van der Waals surface area contributed by atoms with Gasteiger partial charge in [0.25, 0.3) is 5.91 Å². The molecule has 2 aliphatic rings. The SMILES string of the molecule is CN1Cc2ccc(C3(CN)CCC3)cc2C1=O. The molecule has 1 aromatic rings. The van der Waals surface area contributed by atoms with Crippen molar-refractivity contribution in [3.63, 3.8) is 0 Å². The van der Waals surface area contributed by atoms with E-state index in [0.29, 0.717) is 6.54 Å². The molecule has 1 aliphatic heterocycles. The summed E-state index contributed by atoms with van der Waals surface area (Å²) in [5, 5.41) is 0. The Balaban J connectivity index is 2.02. The highest BCUT2D eigenvalue weighted by atomic mass is 16.2. The lowest BCUT2D eigenvalue weighted by molar-refractivity contribution is 0.0816. The van der Waals surface area contributed by atoms with Gasteiger partial charge in [-0.2, -0.15) is 0 Å². The fourth-order valence-corrected chi connectivity index (χ4v) is 2.99. The number of nitrogens with zero attached hydrogens (tertiary/aromatic N) is 1. The Labute approximate surface area is 102 Å². The average Bonchev–Trinajstić information content (AvgIpc) is 2.55. The van der Waals surface area contributed by atoms with Gasteiger partial charge in [0.1, 0.15) is 0 Å². The summed E-state index contributed by atoms with van der Waals surface area (Å²) in [6.07, 6.45) is 3.57. The van der Waals surface area contributed by atoms with Crippen LogP contribution in [0.3, 0.4) is 0 Å². The van der Waals surface area contributed by atoms with E-state index in [1.807, 2.05) is 7.05 Å². The minimum Gasteiger partial charge on any atom is -0.337 e. The van der Waals surface area contributed by atoms with E-state index in [0.717, 1.165) is 30.5 Å². The third kappa shape index (κ3) is 1.42. The number of carbonyl (C=O) groups is 1. The first-order valence-corrected chi connectivity index (χ1v) is 6.25. The van der Waals surface area contributed by atoms with Crippen molar-refractivity contribution in [1.82, 2.24) is 4.90 Å². The second kappa shape index (κ2) is 3.57. The van der Waals surface area contributed by atoms with Crippen molar-refractivity contribution in [2.45, 2.75) is 31.2 Å². The van der Waals surface area contributed by atoms with Gasteiger partial charge in [-0.3, -0.25) is 4.79 Å². The second-order valence-electron chi connectivity index (χ2n) is 5.37. The van der Waals surface area contributed by atoms with E-state index in [1.165, 1.54) is 12.0 Å². The molecule has 1 amide bonds. The smallest absolute Gasteiger partial charge is 0.254 e. The molecule has 3 rings (SSSR count). The maximum absolute atomic E-state index is 12.0. The van der Waals surface area contributed by atoms with Crippen LogP contribution >= 0.6 is 0 Å². The Morgan fingerprint density at radius 2 is 2.18 bits per heavy atom. The molecule has 1 saturated carbocycles. The van der Waals surface area contributed by atoms with E-state index in [1.54, 1.807) is 4.90 Å². The van der Waals surface area contributed by atoms with Crippen LogP contribution in [0.25, 0.3) is 0 Å². The Morgan fingerprint density at radius 3 is 2.76 bits per heavy atom. The number of nitrogens with two attached hydrogens (primary N) is 1. The third-order valence-corrected chi connectivity index (χ3v) is 4.41. The normalized spacial score (nSPS) is 21.3. The van der Waals surface area contributed by atoms with Crippen LogP contribution in [0.2, 0.25) is 0 Å². The Kier molecular flexibility index (Phi) is 2.26. The van der Waals surface area contributed by atoms with Gasteiger partial charge in [0.15, 0.2) is 0 Å². The third-order valence-electron chi connectivity index (χ3n) is 4.41. The van der Waals surface area contributed by atoms with Gasteiger partial charge >= 0.3 is 0 Å². The van der Waals surface area contributed by atoms with Crippen LogP contribution in [0.5, 0.6) is 0 Å². The minimum absolute atomic E-state index is 0.147. The zero-order valence-corrected chi connectivity index (χ0v) is 10.2. The molecule has 1 aromatic carbocycles. The molecule has 0 spiro atoms. The van der Waals surface area contributed by atoms with Crippen LogP contribution in [0.15, 0.2) is 18.2 Å². The number of fused-ring (bicyclic) bond motifs is 1. The highest BCUT2D eigenvalue weighted by Crippen LogP contribution is 2.43. The number of benzene rings is 1. The average molecular weight is 230 g/mol. The van der Waals surface area contributed by atoms with Gasteiger partial charge in [0, 0.05) is 31.1 Å². The minimum atomic E-state index is 0.147. The first-order valence-electron chi connectivity index (χ1n) is 6.25. The fraction of sp³-hybridized carbons (Fsp3) is 0.500. The molecule has 3 heteroatoms. The van der Waals surface area contributed by atoms with Crippen LogP contribution in [0, 0.1) is 0 Å². The predicted octanol–water partition coefficient (Wildman–Crippen LogP) is 1.65. The summed E-state index contributed by atoms with van der Waals surface area (Å²) in [4.78, 5) is 13.7. The van der Waals surface area contributed by atoms with Gasteiger partial charge in [0.05, 0.1) is 0 Å². The summed E-state index contributed by atoms with van der Waals surface area (Å²) >= 11 is 0. The van der Waals surface area contributed by atoms with Crippen LogP contribution in [0.1, 0.15) is 40.7 Å². The maximum atomic E-state index is 12.0. The van der Waals surface area contributed by atoms with Crippen molar-refractivity contribution in [3.8, 4) is 0 Å². The molecule has 90 valence electrons. The molecular weight excluding hydrogens is 212 g/mol. The van der Waals surface area contributed by atoms with Gasteiger partial charge in [0.2, 0.25) is 0 Å². The van der Waals surface area contributed by atoms with Crippen LogP contribution in [0.4, 0.5) is 0 Å². The van der Waals surface area contributed by atoms with E-state index in [2.05, 4.69) is 18.2 Å². The number of rotatable bonds is 2. The molecular formula is C14H18N2O. The van der Waals surface area contributed by atoms with Crippen LogP contribution in [-0.2, 0) is 12.0 Å². The molecule has 0 saturated heterocycles. The molecule has 0 unspecified atom stereocenters. The number of hydrogen-bond donors (Lipinski definition) is 1. The molecule has 0 aromatic heterocycles. The van der Waals surface area contributed by atoms with E-state index in [-0.39, 0.29) is 11.3 Å². The summed E-state index contributed by atoms with van der Waals surface area (Å²) in [5.41, 5.74) is 9.35. The van der Waals surface area contributed by atoms with E-state index in [9.17, 15) is 4.79 Å². The Bertz CT molecular complexity index is 472.